The molecule has 1 saturated heterocycles. The zero-order valence-electron chi connectivity index (χ0n) is 18.9. The molecule has 0 atom stereocenters. The summed E-state index contributed by atoms with van der Waals surface area (Å²) in [6.07, 6.45) is 3.60. The van der Waals surface area contributed by atoms with Gasteiger partial charge in [0.1, 0.15) is 0 Å². The lowest BCUT2D eigenvalue weighted by atomic mass is 10.0. The number of aryl methyl sites for hydroxylation is 1. The van der Waals surface area contributed by atoms with Gasteiger partial charge in [0.2, 0.25) is 17.6 Å². The third-order valence-electron chi connectivity index (χ3n) is 5.97. The van der Waals surface area contributed by atoms with E-state index in [1.165, 1.54) is 0 Å². The lowest BCUT2D eigenvalue weighted by Crippen LogP contribution is -2.39. The Kier molecular flexibility index (Phi) is 6.94. The van der Waals surface area contributed by atoms with Crippen LogP contribution < -0.4 is 19.1 Å². The first-order valence-corrected chi connectivity index (χ1v) is 10.9. The van der Waals surface area contributed by atoms with Crippen molar-refractivity contribution in [3.8, 4) is 17.2 Å². The van der Waals surface area contributed by atoms with E-state index in [9.17, 15) is 4.79 Å². The first-order chi connectivity index (χ1) is 15.6. The van der Waals surface area contributed by atoms with E-state index in [-0.39, 0.29) is 5.91 Å². The van der Waals surface area contributed by atoms with Crippen molar-refractivity contribution in [1.29, 1.82) is 0 Å². The minimum absolute atomic E-state index is 0.0963. The number of hydrogen-bond donors (Lipinski definition) is 0. The Bertz CT molecular complexity index is 962. The molecule has 1 fully saturated rings. The van der Waals surface area contributed by atoms with Gasteiger partial charge in [-0.1, -0.05) is 6.07 Å². The molecular formula is C23H30N4O5. The van der Waals surface area contributed by atoms with Gasteiger partial charge in [-0.3, -0.25) is 4.79 Å². The topological polar surface area (TPSA) is 86.3 Å². The van der Waals surface area contributed by atoms with Crippen molar-refractivity contribution >= 4 is 11.9 Å². The molecule has 4 rings (SSSR count). The van der Waals surface area contributed by atoms with E-state index < -0.39 is 0 Å². The van der Waals surface area contributed by atoms with Crippen LogP contribution in [-0.2, 0) is 28.9 Å². The Labute approximate surface area is 188 Å². The van der Waals surface area contributed by atoms with Gasteiger partial charge in [0, 0.05) is 32.3 Å². The van der Waals surface area contributed by atoms with Crippen LogP contribution in [0.1, 0.15) is 23.2 Å². The second-order valence-corrected chi connectivity index (χ2v) is 7.80. The predicted molar refractivity (Wildman–Crippen MR) is 119 cm³/mol. The normalized spacial score (nSPS) is 15.8. The third-order valence-corrected chi connectivity index (χ3v) is 5.97. The van der Waals surface area contributed by atoms with Crippen molar-refractivity contribution < 1.29 is 23.7 Å². The van der Waals surface area contributed by atoms with E-state index in [0.717, 1.165) is 42.3 Å². The number of carbonyl (C=O) groups is 1. The van der Waals surface area contributed by atoms with Gasteiger partial charge in [0.05, 0.1) is 46.8 Å². The Morgan fingerprint density at radius 2 is 1.84 bits per heavy atom. The fourth-order valence-corrected chi connectivity index (χ4v) is 4.18. The van der Waals surface area contributed by atoms with Gasteiger partial charge in [-0.2, -0.15) is 0 Å². The van der Waals surface area contributed by atoms with E-state index in [0.29, 0.717) is 56.4 Å². The second kappa shape index (κ2) is 10.0. The molecule has 1 aromatic carbocycles. The van der Waals surface area contributed by atoms with Crippen LogP contribution in [0.25, 0.3) is 0 Å². The molecule has 0 bridgehead atoms. The highest BCUT2D eigenvalue weighted by Crippen LogP contribution is 2.40. The smallest absolute Gasteiger partial charge is 0.225 e. The molecule has 3 heterocycles. The van der Waals surface area contributed by atoms with Gasteiger partial charge in [0.25, 0.3) is 0 Å². The molecule has 2 aliphatic rings. The number of ether oxygens (including phenoxy) is 4. The molecule has 9 heteroatoms. The Morgan fingerprint density at radius 1 is 1.06 bits per heavy atom. The van der Waals surface area contributed by atoms with Gasteiger partial charge in [-0.25, -0.2) is 9.97 Å². The van der Waals surface area contributed by atoms with Crippen LogP contribution in [0, 0.1) is 0 Å². The van der Waals surface area contributed by atoms with Crippen LogP contribution in [0.3, 0.4) is 0 Å². The summed E-state index contributed by atoms with van der Waals surface area (Å²) in [5.74, 6) is 2.56. The Balaban J connectivity index is 1.42. The summed E-state index contributed by atoms with van der Waals surface area (Å²) in [5, 5.41) is 0. The van der Waals surface area contributed by atoms with Crippen molar-refractivity contribution in [3.63, 3.8) is 0 Å². The lowest BCUT2D eigenvalue weighted by Gasteiger charge is -2.31. The summed E-state index contributed by atoms with van der Waals surface area (Å²) in [7, 11) is 4.76. The predicted octanol–water partition coefficient (Wildman–Crippen LogP) is 1.86. The number of methoxy groups -OCH3 is 3. The number of rotatable bonds is 7. The monoisotopic (exact) mass is 442 g/mol. The number of carbonyl (C=O) groups excluding carboxylic acids is 1. The fourth-order valence-electron chi connectivity index (χ4n) is 4.18. The average molecular weight is 443 g/mol. The number of aromatic nitrogens is 2. The number of benzene rings is 1. The van der Waals surface area contributed by atoms with Crippen LogP contribution in [0.15, 0.2) is 18.3 Å². The SMILES string of the molecule is COc1ccc(CCC(=O)N2CCc3cnc(N4CCOCC4)nc3C2)c(OC)c1OC. The van der Waals surface area contributed by atoms with Crippen molar-refractivity contribution in [3.05, 3.63) is 35.2 Å². The molecule has 0 N–H and O–H groups in total. The van der Waals surface area contributed by atoms with Gasteiger partial charge in [-0.05, 0) is 30.0 Å². The van der Waals surface area contributed by atoms with Crippen molar-refractivity contribution in [2.75, 3.05) is 59.1 Å². The van der Waals surface area contributed by atoms with Crippen LogP contribution in [0.4, 0.5) is 5.95 Å². The van der Waals surface area contributed by atoms with Crippen molar-refractivity contribution in [1.82, 2.24) is 14.9 Å². The summed E-state index contributed by atoms with van der Waals surface area (Å²) in [6.45, 7) is 4.13. The zero-order chi connectivity index (χ0) is 22.5. The average Bonchev–Trinajstić information content (AvgIpc) is 2.86. The number of anilines is 1. The van der Waals surface area contributed by atoms with Crippen LogP contribution in [0.5, 0.6) is 17.2 Å². The first-order valence-electron chi connectivity index (χ1n) is 10.9. The highest BCUT2D eigenvalue weighted by atomic mass is 16.5. The summed E-state index contributed by atoms with van der Waals surface area (Å²) >= 11 is 0. The quantitative estimate of drug-likeness (QED) is 0.642. The molecule has 32 heavy (non-hydrogen) atoms. The number of nitrogens with zero attached hydrogens (tertiary/aromatic N) is 4. The standard InChI is InChI=1S/C23H30N4O5/c1-29-19-6-4-16(21(30-2)22(19)31-3)5-7-20(28)27-9-8-17-14-24-23(25-18(17)15-27)26-10-12-32-13-11-26/h4,6,14H,5,7-13,15H2,1-3H3. The summed E-state index contributed by atoms with van der Waals surface area (Å²) in [5.41, 5.74) is 2.96. The van der Waals surface area contributed by atoms with Crippen LogP contribution >= 0.6 is 0 Å². The number of amides is 1. The minimum atomic E-state index is 0.0963. The highest BCUT2D eigenvalue weighted by Gasteiger charge is 2.24. The van der Waals surface area contributed by atoms with E-state index in [1.54, 1.807) is 21.3 Å². The van der Waals surface area contributed by atoms with Gasteiger partial charge < -0.3 is 28.7 Å². The maximum Gasteiger partial charge on any atom is 0.225 e. The van der Waals surface area contributed by atoms with Crippen LogP contribution in [-0.4, -0.2) is 75.0 Å². The molecular weight excluding hydrogens is 412 g/mol. The Morgan fingerprint density at radius 3 is 2.56 bits per heavy atom. The molecule has 9 nitrogen and oxygen atoms in total. The van der Waals surface area contributed by atoms with Gasteiger partial charge in [0.15, 0.2) is 11.5 Å². The highest BCUT2D eigenvalue weighted by molar-refractivity contribution is 5.77. The van der Waals surface area contributed by atoms with Gasteiger partial charge in [-0.15, -0.1) is 0 Å². The molecule has 0 radical (unpaired) electrons. The van der Waals surface area contributed by atoms with Crippen molar-refractivity contribution in [2.24, 2.45) is 0 Å². The molecule has 0 spiro atoms. The summed E-state index contributed by atoms with van der Waals surface area (Å²) in [6, 6.07) is 3.75. The number of fused-ring (bicyclic) bond motifs is 1. The van der Waals surface area contributed by atoms with E-state index in [4.69, 9.17) is 23.9 Å². The van der Waals surface area contributed by atoms with Crippen molar-refractivity contribution in [2.45, 2.75) is 25.8 Å². The molecule has 0 aliphatic carbocycles. The lowest BCUT2D eigenvalue weighted by molar-refractivity contribution is -0.132. The first kappa shape index (κ1) is 22.1. The summed E-state index contributed by atoms with van der Waals surface area (Å²) in [4.78, 5) is 26.3. The maximum atomic E-state index is 13.0. The van der Waals surface area contributed by atoms with Crippen LogP contribution in [0.2, 0.25) is 0 Å². The molecule has 1 aromatic heterocycles. The minimum Gasteiger partial charge on any atom is -0.493 e. The molecule has 2 aliphatic heterocycles. The molecule has 0 saturated carbocycles. The second-order valence-electron chi connectivity index (χ2n) is 7.80. The molecule has 1 amide bonds. The number of hydrogen-bond acceptors (Lipinski definition) is 8. The summed E-state index contributed by atoms with van der Waals surface area (Å²) < 4.78 is 21.7. The van der Waals surface area contributed by atoms with Gasteiger partial charge >= 0.3 is 0 Å². The van der Waals surface area contributed by atoms with E-state index in [2.05, 4.69) is 9.88 Å². The van der Waals surface area contributed by atoms with E-state index in [1.807, 2.05) is 23.2 Å². The number of morpholine rings is 1. The Hall–Kier alpha value is -3.07. The zero-order valence-corrected chi connectivity index (χ0v) is 18.9. The largest absolute Gasteiger partial charge is 0.493 e. The molecule has 172 valence electrons. The van der Waals surface area contributed by atoms with E-state index >= 15 is 0 Å². The molecule has 0 unspecified atom stereocenters. The maximum absolute atomic E-state index is 13.0. The third kappa shape index (κ3) is 4.57. The molecule has 2 aromatic rings. The fraction of sp³-hybridized carbons (Fsp3) is 0.522.